The number of hydrogen-bond donors (Lipinski definition) is 1. The average molecular weight is 275 g/mol. The topological polar surface area (TPSA) is 99.8 Å². The summed E-state index contributed by atoms with van der Waals surface area (Å²) in [4.78, 5) is 15.3. The largest absolute Gasteiger partial charge is 0.462 e. The summed E-state index contributed by atoms with van der Waals surface area (Å²) in [5.74, 6) is 0.133. The van der Waals surface area contributed by atoms with Gasteiger partial charge >= 0.3 is 0 Å². The van der Waals surface area contributed by atoms with Gasteiger partial charge in [0.1, 0.15) is 0 Å². The molecule has 8 heteroatoms. The van der Waals surface area contributed by atoms with E-state index in [1.165, 1.54) is 22.2 Å². The Morgan fingerprint density at radius 2 is 2.42 bits per heavy atom. The molecule has 3 heterocycles. The molecule has 0 fully saturated rings. The molecule has 0 atom stereocenters. The summed E-state index contributed by atoms with van der Waals surface area (Å²) < 4.78 is 6.79. The minimum absolute atomic E-state index is 0.140. The molecule has 0 saturated heterocycles. The second kappa shape index (κ2) is 4.65. The van der Waals surface area contributed by atoms with Crippen LogP contribution in [0.15, 0.2) is 34.4 Å². The molecule has 0 unspecified atom stereocenters. The van der Waals surface area contributed by atoms with Crippen LogP contribution in [0, 0.1) is 0 Å². The molecule has 19 heavy (non-hydrogen) atoms. The molecule has 3 rings (SSSR count). The molecule has 2 N–H and O–H groups in total. The fraction of sp³-hybridized carbons (Fsp3) is 0.0909. The highest BCUT2D eigenvalue weighted by molar-refractivity contribution is 7.13. The highest BCUT2D eigenvalue weighted by atomic mass is 32.1. The van der Waals surface area contributed by atoms with Crippen molar-refractivity contribution in [1.82, 2.24) is 20.0 Å². The van der Waals surface area contributed by atoms with E-state index in [0.717, 1.165) is 16.5 Å². The first-order chi connectivity index (χ1) is 9.22. The number of thiazole rings is 1. The van der Waals surface area contributed by atoms with Crippen molar-refractivity contribution in [3.63, 3.8) is 0 Å². The number of nitrogens with two attached hydrogens (primary N) is 1. The van der Waals surface area contributed by atoms with E-state index in [-0.39, 0.29) is 5.69 Å². The zero-order valence-corrected chi connectivity index (χ0v) is 10.5. The quantitative estimate of drug-likeness (QED) is 0.769. The fourth-order valence-electron chi connectivity index (χ4n) is 1.55. The van der Waals surface area contributed by atoms with Gasteiger partial charge in [0, 0.05) is 5.38 Å². The van der Waals surface area contributed by atoms with E-state index in [4.69, 9.17) is 10.2 Å². The van der Waals surface area contributed by atoms with Gasteiger partial charge in [0.15, 0.2) is 16.5 Å². The minimum Gasteiger partial charge on any atom is -0.462 e. The molecule has 0 aliphatic carbocycles. The fourth-order valence-corrected chi connectivity index (χ4v) is 2.32. The van der Waals surface area contributed by atoms with Gasteiger partial charge in [0.2, 0.25) is 0 Å². The number of carbonyl (C=O) groups is 1. The summed E-state index contributed by atoms with van der Waals surface area (Å²) in [6.45, 7) is 0.428. The number of amides is 1. The van der Waals surface area contributed by atoms with Crippen LogP contribution in [0.1, 0.15) is 16.2 Å². The molecule has 0 radical (unpaired) electrons. The van der Waals surface area contributed by atoms with Gasteiger partial charge in [-0.2, -0.15) is 0 Å². The molecule has 0 saturated carbocycles. The predicted molar refractivity (Wildman–Crippen MR) is 67.5 cm³/mol. The number of furan rings is 1. The average Bonchev–Trinajstić information content (AvgIpc) is 3.09. The van der Waals surface area contributed by atoms with Crippen LogP contribution in [0.25, 0.3) is 10.8 Å². The molecule has 0 spiro atoms. The Bertz CT molecular complexity index is 700. The predicted octanol–water partition coefficient (Wildman–Crippen LogP) is 1.14. The summed E-state index contributed by atoms with van der Waals surface area (Å²) in [5.41, 5.74) is 6.07. The van der Waals surface area contributed by atoms with E-state index in [9.17, 15) is 4.79 Å². The maximum absolute atomic E-state index is 10.9. The van der Waals surface area contributed by atoms with Gasteiger partial charge in [-0.15, -0.1) is 16.4 Å². The van der Waals surface area contributed by atoms with Crippen molar-refractivity contribution in [1.29, 1.82) is 0 Å². The van der Waals surface area contributed by atoms with Gasteiger partial charge < -0.3 is 10.2 Å². The first kappa shape index (κ1) is 11.6. The molecule has 0 aliphatic rings. The monoisotopic (exact) mass is 275 g/mol. The Labute approximate surface area is 111 Å². The van der Waals surface area contributed by atoms with Crippen molar-refractivity contribution in [3.8, 4) is 10.8 Å². The SMILES string of the molecule is NC(=O)c1cn(Cc2csc(-c3ccco3)n2)nn1. The zero-order chi connectivity index (χ0) is 13.2. The number of primary amides is 1. The van der Waals surface area contributed by atoms with E-state index in [1.54, 1.807) is 6.26 Å². The Morgan fingerprint density at radius 1 is 1.53 bits per heavy atom. The van der Waals surface area contributed by atoms with E-state index in [0.29, 0.717) is 6.54 Å². The Kier molecular flexibility index (Phi) is 2.84. The van der Waals surface area contributed by atoms with Crippen LogP contribution in [0.2, 0.25) is 0 Å². The van der Waals surface area contributed by atoms with Gasteiger partial charge in [0.05, 0.1) is 24.7 Å². The molecule has 0 bridgehead atoms. The lowest BCUT2D eigenvalue weighted by atomic mass is 10.4. The van der Waals surface area contributed by atoms with Crippen molar-refractivity contribution in [3.05, 3.63) is 41.4 Å². The number of nitrogens with zero attached hydrogens (tertiary/aromatic N) is 4. The Balaban J connectivity index is 1.78. The molecule has 1 amide bonds. The van der Waals surface area contributed by atoms with Crippen molar-refractivity contribution >= 4 is 17.2 Å². The number of carbonyl (C=O) groups excluding carboxylic acids is 1. The Hall–Kier alpha value is -2.48. The molecular formula is C11H9N5O2S. The van der Waals surface area contributed by atoms with Gasteiger partial charge in [-0.05, 0) is 12.1 Å². The molecule has 3 aromatic heterocycles. The van der Waals surface area contributed by atoms with Crippen LogP contribution < -0.4 is 5.73 Å². The van der Waals surface area contributed by atoms with Crippen LogP contribution >= 0.6 is 11.3 Å². The third kappa shape index (κ3) is 2.38. The van der Waals surface area contributed by atoms with Gasteiger partial charge in [-0.3, -0.25) is 4.79 Å². The third-order valence-electron chi connectivity index (χ3n) is 2.40. The lowest BCUT2D eigenvalue weighted by molar-refractivity contribution is 0.0995. The van der Waals surface area contributed by atoms with Gasteiger partial charge in [0.25, 0.3) is 5.91 Å². The highest BCUT2D eigenvalue weighted by Crippen LogP contribution is 2.24. The van der Waals surface area contributed by atoms with Gasteiger partial charge in [-0.1, -0.05) is 5.21 Å². The molecule has 96 valence electrons. The van der Waals surface area contributed by atoms with Crippen molar-refractivity contribution < 1.29 is 9.21 Å². The zero-order valence-electron chi connectivity index (χ0n) is 9.68. The van der Waals surface area contributed by atoms with Crippen LogP contribution in [0.5, 0.6) is 0 Å². The molecule has 7 nitrogen and oxygen atoms in total. The van der Waals surface area contributed by atoms with E-state index >= 15 is 0 Å². The third-order valence-corrected chi connectivity index (χ3v) is 3.30. The van der Waals surface area contributed by atoms with Crippen LogP contribution in [-0.2, 0) is 6.54 Å². The maximum Gasteiger partial charge on any atom is 0.270 e. The second-order valence-electron chi connectivity index (χ2n) is 3.79. The standard InChI is InChI=1S/C11H9N5O2S/c12-10(17)8-5-16(15-14-8)4-7-6-19-11(13-7)9-2-1-3-18-9/h1-3,5-6H,4H2,(H2,12,17). The number of hydrogen-bond acceptors (Lipinski definition) is 6. The number of aromatic nitrogens is 4. The van der Waals surface area contributed by atoms with Crippen LogP contribution in [-0.4, -0.2) is 25.9 Å². The summed E-state index contributed by atoms with van der Waals surface area (Å²) in [6.07, 6.45) is 3.10. The Morgan fingerprint density at radius 3 is 3.11 bits per heavy atom. The summed E-state index contributed by atoms with van der Waals surface area (Å²) in [6, 6.07) is 3.66. The molecule has 0 aliphatic heterocycles. The van der Waals surface area contributed by atoms with E-state index in [1.807, 2.05) is 17.5 Å². The highest BCUT2D eigenvalue weighted by Gasteiger charge is 2.10. The van der Waals surface area contributed by atoms with Crippen LogP contribution in [0.4, 0.5) is 0 Å². The van der Waals surface area contributed by atoms with Crippen molar-refractivity contribution in [2.24, 2.45) is 5.73 Å². The lowest BCUT2D eigenvalue weighted by Crippen LogP contribution is -2.11. The first-order valence-electron chi connectivity index (χ1n) is 5.40. The van der Waals surface area contributed by atoms with Crippen molar-refractivity contribution in [2.45, 2.75) is 6.54 Å². The molecular weight excluding hydrogens is 266 g/mol. The molecule has 3 aromatic rings. The van der Waals surface area contributed by atoms with Crippen LogP contribution in [0.3, 0.4) is 0 Å². The number of rotatable bonds is 4. The maximum atomic E-state index is 10.9. The smallest absolute Gasteiger partial charge is 0.270 e. The summed E-state index contributed by atoms with van der Waals surface area (Å²) >= 11 is 1.48. The molecule has 0 aromatic carbocycles. The first-order valence-corrected chi connectivity index (χ1v) is 6.28. The summed E-state index contributed by atoms with van der Waals surface area (Å²) in [5, 5.41) is 10.2. The lowest BCUT2D eigenvalue weighted by Gasteiger charge is -1.94. The normalized spacial score (nSPS) is 10.7. The van der Waals surface area contributed by atoms with Gasteiger partial charge in [-0.25, -0.2) is 9.67 Å². The summed E-state index contributed by atoms with van der Waals surface area (Å²) in [7, 11) is 0. The van der Waals surface area contributed by atoms with E-state index < -0.39 is 5.91 Å². The second-order valence-corrected chi connectivity index (χ2v) is 4.65. The minimum atomic E-state index is -0.596. The van der Waals surface area contributed by atoms with E-state index in [2.05, 4.69) is 15.3 Å². The van der Waals surface area contributed by atoms with Crippen molar-refractivity contribution in [2.75, 3.05) is 0 Å².